The van der Waals surface area contributed by atoms with E-state index in [0.29, 0.717) is 37.8 Å². The summed E-state index contributed by atoms with van der Waals surface area (Å²) >= 11 is 0. The van der Waals surface area contributed by atoms with Crippen molar-refractivity contribution in [3.05, 3.63) is 0 Å². The highest BCUT2D eigenvalue weighted by atomic mass is 16.6. The largest absolute Gasteiger partial charge is 0.462 e. The topological polar surface area (TPSA) is 131 Å². The van der Waals surface area contributed by atoms with Crippen molar-refractivity contribution in [2.45, 2.75) is 215 Å². The molecule has 0 heterocycles. The van der Waals surface area contributed by atoms with Crippen LogP contribution in [0.3, 0.4) is 0 Å². The molecule has 0 aromatic carbocycles. The van der Waals surface area contributed by atoms with Crippen LogP contribution in [0.4, 0.5) is 0 Å². The minimum atomic E-state index is -0.754. The van der Waals surface area contributed by atoms with Crippen LogP contribution in [0.5, 0.6) is 0 Å². The van der Waals surface area contributed by atoms with Crippen LogP contribution < -0.4 is 10.6 Å². The molecular formula is C43H84N2O7. The number of carbonyl (C=O) groups excluding carboxylic acids is 4. The number of hydrogen-bond donors (Lipinski definition) is 3. The van der Waals surface area contributed by atoms with Crippen molar-refractivity contribution in [1.82, 2.24) is 10.6 Å². The van der Waals surface area contributed by atoms with Crippen molar-refractivity contribution >= 4 is 23.8 Å². The minimum absolute atomic E-state index is 0.0436. The highest BCUT2D eigenvalue weighted by Gasteiger charge is 2.19. The first-order valence-corrected chi connectivity index (χ1v) is 21.5. The number of esters is 2. The molecule has 308 valence electrons. The first-order valence-electron chi connectivity index (χ1n) is 21.5. The Morgan fingerprint density at radius 1 is 0.481 bits per heavy atom. The van der Waals surface area contributed by atoms with Gasteiger partial charge in [-0.3, -0.25) is 19.2 Å². The molecule has 0 aromatic heterocycles. The van der Waals surface area contributed by atoms with Crippen LogP contribution in [0.15, 0.2) is 0 Å². The van der Waals surface area contributed by atoms with E-state index in [4.69, 9.17) is 14.6 Å². The highest BCUT2D eigenvalue weighted by Crippen LogP contribution is 2.14. The molecule has 1 atom stereocenters. The predicted molar refractivity (Wildman–Crippen MR) is 215 cm³/mol. The van der Waals surface area contributed by atoms with Crippen LogP contribution in [-0.2, 0) is 28.7 Å². The van der Waals surface area contributed by atoms with Crippen LogP contribution >= 0.6 is 0 Å². The van der Waals surface area contributed by atoms with Crippen LogP contribution in [0.1, 0.15) is 208 Å². The van der Waals surface area contributed by atoms with E-state index < -0.39 is 6.10 Å². The van der Waals surface area contributed by atoms with Gasteiger partial charge in [0.15, 0.2) is 6.10 Å². The van der Waals surface area contributed by atoms with Crippen LogP contribution in [-0.4, -0.2) is 61.3 Å². The maximum absolute atomic E-state index is 12.6. The molecule has 0 aliphatic rings. The van der Waals surface area contributed by atoms with Gasteiger partial charge in [0.25, 0.3) is 0 Å². The molecule has 0 bridgehead atoms. The molecule has 0 fully saturated rings. The van der Waals surface area contributed by atoms with E-state index in [0.717, 1.165) is 38.5 Å². The van der Waals surface area contributed by atoms with Crippen molar-refractivity contribution in [3.8, 4) is 0 Å². The lowest BCUT2D eigenvalue weighted by molar-refractivity contribution is -0.159. The summed E-state index contributed by atoms with van der Waals surface area (Å²) in [6.45, 7) is 13.3. The van der Waals surface area contributed by atoms with Crippen LogP contribution in [0.25, 0.3) is 0 Å². The van der Waals surface area contributed by atoms with Crippen molar-refractivity contribution in [1.29, 1.82) is 0 Å². The van der Waals surface area contributed by atoms with Gasteiger partial charge in [0.1, 0.15) is 6.61 Å². The second-order valence-electron chi connectivity index (χ2n) is 15.4. The van der Waals surface area contributed by atoms with Gasteiger partial charge in [-0.2, -0.15) is 0 Å². The summed E-state index contributed by atoms with van der Waals surface area (Å²) in [5.41, 5.74) is 0. The molecule has 0 aliphatic heterocycles. The summed E-state index contributed by atoms with van der Waals surface area (Å²) in [5.74, 6) is -0.334. The van der Waals surface area contributed by atoms with Gasteiger partial charge >= 0.3 is 11.9 Å². The normalized spacial score (nSPS) is 11.6. The zero-order valence-electron chi connectivity index (χ0n) is 34.8. The summed E-state index contributed by atoms with van der Waals surface area (Å²) in [4.78, 5) is 49.4. The molecule has 9 nitrogen and oxygen atoms in total. The summed E-state index contributed by atoms with van der Waals surface area (Å²) in [6, 6.07) is 0. The molecule has 0 saturated carbocycles. The van der Waals surface area contributed by atoms with E-state index in [1.165, 1.54) is 103 Å². The number of aliphatic hydroxyl groups excluding tert-OH is 1. The molecule has 0 rings (SSSR count). The van der Waals surface area contributed by atoms with Gasteiger partial charge in [0.2, 0.25) is 11.8 Å². The van der Waals surface area contributed by atoms with Crippen molar-refractivity contribution in [2.24, 2.45) is 11.8 Å². The van der Waals surface area contributed by atoms with E-state index in [-0.39, 0.29) is 49.7 Å². The van der Waals surface area contributed by atoms with Crippen molar-refractivity contribution in [3.63, 3.8) is 0 Å². The number of amides is 2. The summed E-state index contributed by atoms with van der Waals surface area (Å²) in [5, 5.41) is 13.7. The molecule has 0 aliphatic carbocycles. The predicted octanol–water partition coefficient (Wildman–Crippen LogP) is 10.1. The molecule has 0 saturated heterocycles. The zero-order chi connectivity index (χ0) is 39.1. The standard InChI is InChI=1S/C39H74N2O6.C4H10O/c1-5-7-9-11-13-15-17-19-21-23-25-27-38(44)46-33-35(32-41-37(43)30-29-36(42)40-31-34(3)4)47-39(45)28-26-24-22-20-18-16-14-12-10-8-6-2;1-4(2)3-5/h34-35H,5-33H2,1-4H3,(H,40,42)(H,41,43);4-5H,3H2,1-2H3. The molecule has 9 heteroatoms. The lowest BCUT2D eigenvalue weighted by atomic mass is 10.1. The molecule has 2 amide bonds. The zero-order valence-corrected chi connectivity index (χ0v) is 34.8. The number of rotatable bonds is 35. The average molecular weight is 741 g/mol. The van der Waals surface area contributed by atoms with Crippen molar-refractivity contribution < 1.29 is 33.8 Å². The van der Waals surface area contributed by atoms with Gasteiger partial charge in [-0.25, -0.2) is 0 Å². The molecule has 52 heavy (non-hydrogen) atoms. The molecule has 0 aromatic rings. The van der Waals surface area contributed by atoms with Gasteiger partial charge in [-0.15, -0.1) is 0 Å². The number of hydrogen-bond acceptors (Lipinski definition) is 7. The maximum atomic E-state index is 12.6. The Hall–Kier alpha value is -2.16. The van der Waals surface area contributed by atoms with E-state index >= 15 is 0 Å². The second-order valence-corrected chi connectivity index (χ2v) is 15.4. The SMILES string of the molecule is CC(C)CO.CCCCCCCCCCCCCC(=O)OCC(CNC(=O)CCC(=O)NCC(C)C)OC(=O)CCCCCCCCCCCCC. The number of nitrogens with one attached hydrogen (secondary N) is 2. The Labute approximate surface area is 320 Å². The lowest BCUT2D eigenvalue weighted by Crippen LogP contribution is -2.38. The molecule has 3 N–H and O–H groups in total. The van der Waals surface area contributed by atoms with Crippen LogP contribution in [0, 0.1) is 11.8 Å². The van der Waals surface area contributed by atoms with E-state index in [9.17, 15) is 19.2 Å². The molecule has 0 radical (unpaired) electrons. The smallest absolute Gasteiger partial charge is 0.306 e. The van der Waals surface area contributed by atoms with Gasteiger partial charge in [0, 0.05) is 38.8 Å². The third-order valence-corrected chi connectivity index (χ3v) is 8.88. The first kappa shape index (κ1) is 51.9. The lowest BCUT2D eigenvalue weighted by Gasteiger charge is -2.19. The van der Waals surface area contributed by atoms with Gasteiger partial charge < -0.3 is 25.2 Å². The molecule has 1 unspecified atom stereocenters. The fourth-order valence-corrected chi connectivity index (χ4v) is 5.45. The molecular weight excluding hydrogens is 656 g/mol. The third-order valence-electron chi connectivity index (χ3n) is 8.88. The quantitative estimate of drug-likeness (QED) is 0.0435. The van der Waals surface area contributed by atoms with Gasteiger partial charge in [-0.1, -0.05) is 170 Å². The first-order chi connectivity index (χ1) is 25.0. The Morgan fingerprint density at radius 3 is 1.19 bits per heavy atom. The number of carbonyl (C=O) groups is 4. The second kappa shape index (κ2) is 40.0. The summed E-state index contributed by atoms with van der Waals surface area (Å²) < 4.78 is 11.1. The number of aliphatic hydroxyl groups is 1. The third kappa shape index (κ3) is 42.3. The minimum Gasteiger partial charge on any atom is -0.462 e. The fraction of sp³-hybridized carbons (Fsp3) is 0.907. The number of ether oxygens (including phenoxy) is 2. The Balaban J connectivity index is 0. The molecule has 0 spiro atoms. The van der Waals surface area contributed by atoms with E-state index in [1.54, 1.807) is 0 Å². The van der Waals surface area contributed by atoms with Gasteiger partial charge in [-0.05, 0) is 24.7 Å². The highest BCUT2D eigenvalue weighted by molar-refractivity contribution is 5.83. The van der Waals surface area contributed by atoms with E-state index in [2.05, 4.69) is 24.5 Å². The Kier molecular flexibility index (Phi) is 40.0. The summed E-state index contributed by atoms with van der Waals surface area (Å²) in [6.07, 6.45) is 26.6. The van der Waals surface area contributed by atoms with E-state index in [1.807, 2.05) is 27.7 Å². The fourth-order valence-electron chi connectivity index (χ4n) is 5.45. The van der Waals surface area contributed by atoms with Crippen LogP contribution in [0.2, 0.25) is 0 Å². The Bertz CT molecular complexity index is 834. The monoisotopic (exact) mass is 741 g/mol. The maximum Gasteiger partial charge on any atom is 0.306 e. The Morgan fingerprint density at radius 2 is 0.827 bits per heavy atom. The van der Waals surface area contributed by atoms with Gasteiger partial charge in [0.05, 0.1) is 6.54 Å². The summed E-state index contributed by atoms with van der Waals surface area (Å²) in [7, 11) is 0. The average Bonchev–Trinajstić information content (AvgIpc) is 3.12. The van der Waals surface area contributed by atoms with Crippen molar-refractivity contribution in [2.75, 3.05) is 26.3 Å². The number of unbranched alkanes of at least 4 members (excludes halogenated alkanes) is 20.